The van der Waals surface area contributed by atoms with E-state index in [4.69, 9.17) is 0 Å². The highest BCUT2D eigenvalue weighted by molar-refractivity contribution is 5.76. The second-order valence-electron chi connectivity index (χ2n) is 2.63. The zero-order valence-electron chi connectivity index (χ0n) is 7.37. The molecule has 1 aromatic heterocycles. The zero-order chi connectivity index (χ0) is 9.84. The van der Waals surface area contributed by atoms with Gasteiger partial charge in [-0.25, -0.2) is 4.79 Å². The lowest BCUT2D eigenvalue weighted by atomic mass is 10.4. The van der Waals surface area contributed by atoms with Crippen molar-refractivity contribution in [1.82, 2.24) is 15.0 Å². The molecule has 1 heterocycles. The Labute approximate surface area is 73.9 Å². The molecule has 0 radical (unpaired) electrons. The second kappa shape index (κ2) is 3.70. The molecule has 1 aromatic rings. The molecule has 0 spiro atoms. The van der Waals surface area contributed by atoms with Crippen molar-refractivity contribution in [2.24, 2.45) is 5.10 Å². The summed E-state index contributed by atoms with van der Waals surface area (Å²) in [5.74, 6) is 0. The minimum Gasteiger partial charge on any atom is -0.306 e. The summed E-state index contributed by atoms with van der Waals surface area (Å²) in [6, 6.07) is 1.26. The van der Waals surface area contributed by atoms with Crippen LogP contribution in [0.2, 0.25) is 0 Å². The van der Waals surface area contributed by atoms with Crippen LogP contribution < -0.4 is 11.2 Å². The first kappa shape index (κ1) is 9.24. The normalized spacial score (nSPS) is 10.6. The van der Waals surface area contributed by atoms with Crippen LogP contribution in [0.5, 0.6) is 0 Å². The van der Waals surface area contributed by atoms with Crippen molar-refractivity contribution in [3.8, 4) is 0 Å². The third-order valence-electron chi connectivity index (χ3n) is 1.21. The highest BCUT2D eigenvalue weighted by Gasteiger charge is 1.91. The lowest BCUT2D eigenvalue weighted by molar-refractivity contribution is 0.440. The Morgan fingerprint density at radius 1 is 1.38 bits per heavy atom. The van der Waals surface area contributed by atoms with E-state index in [1.807, 2.05) is 0 Å². The van der Waals surface area contributed by atoms with Crippen molar-refractivity contribution in [3.63, 3.8) is 0 Å². The highest BCUT2D eigenvalue weighted by Crippen LogP contribution is 1.80. The fraction of sp³-hybridized carbons (Fsp3) is 0.286. The van der Waals surface area contributed by atoms with E-state index < -0.39 is 11.2 Å². The second-order valence-corrected chi connectivity index (χ2v) is 2.63. The summed E-state index contributed by atoms with van der Waals surface area (Å²) in [6.07, 6.45) is 1.40. The van der Waals surface area contributed by atoms with Gasteiger partial charge in [-0.3, -0.25) is 9.78 Å². The molecule has 0 aliphatic heterocycles. The Hall–Kier alpha value is -1.85. The molecule has 13 heavy (non-hydrogen) atoms. The molecule has 6 heteroatoms. The van der Waals surface area contributed by atoms with Crippen LogP contribution in [0, 0.1) is 0 Å². The Kier molecular flexibility index (Phi) is 2.63. The summed E-state index contributed by atoms with van der Waals surface area (Å²) in [7, 11) is 3.48. The van der Waals surface area contributed by atoms with E-state index in [2.05, 4.69) is 15.1 Å². The quantitative estimate of drug-likeness (QED) is 0.452. The van der Waals surface area contributed by atoms with Crippen LogP contribution in [-0.2, 0) is 0 Å². The van der Waals surface area contributed by atoms with E-state index >= 15 is 0 Å². The first-order valence-electron chi connectivity index (χ1n) is 3.63. The summed E-state index contributed by atoms with van der Waals surface area (Å²) >= 11 is 0. The lowest BCUT2D eigenvalue weighted by Gasteiger charge is -2.01. The fourth-order valence-electron chi connectivity index (χ4n) is 0.735. The van der Waals surface area contributed by atoms with Gasteiger partial charge in [0.05, 0.1) is 11.9 Å². The van der Waals surface area contributed by atoms with Gasteiger partial charge in [-0.05, 0) is 0 Å². The van der Waals surface area contributed by atoms with Crippen LogP contribution in [0.4, 0.5) is 0 Å². The van der Waals surface area contributed by atoms with Crippen molar-refractivity contribution in [3.05, 3.63) is 32.6 Å². The SMILES string of the molecule is CN(C)/N=C/c1cc(=O)[nH]c(=O)[nH]1. The lowest BCUT2D eigenvalue weighted by Crippen LogP contribution is -2.23. The molecule has 0 amide bonds. The number of aromatic amines is 2. The molecular weight excluding hydrogens is 172 g/mol. The molecule has 0 fully saturated rings. The molecule has 0 bridgehead atoms. The topological polar surface area (TPSA) is 81.3 Å². The molecule has 0 aromatic carbocycles. The molecule has 1 rings (SSSR count). The van der Waals surface area contributed by atoms with E-state index in [1.165, 1.54) is 12.3 Å². The molecule has 0 unspecified atom stereocenters. The smallest absolute Gasteiger partial charge is 0.306 e. The van der Waals surface area contributed by atoms with Crippen LogP contribution in [0.25, 0.3) is 0 Å². The molecule has 0 saturated heterocycles. The number of rotatable bonds is 2. The summed E-state index contributed by atoms with van der Waals surface area (Å²) in [4.78, 5) is 26.0. The Morgan fingerprint density at radius 2 is 2.08 bits per heavy atom. The minimum atomic E-state index is -0.535. The number of nitrogens with zero attached hydrogens (tertiary/aromatic N) is 2. The van der Waals surface area contributed by atoms with Crippen molar-refractivity contribution in [1.29, 1.82) is 0 Å². The van der Waals surface area contributed by atoms with Gasteiger partial charge in [0.15, 0.2) is 0 Å². The molecule has 0 saturated carbocycles. The fourth-order valence-corrected chi connectivity index (χ4v) is 0.735. The average molecular weight is 182 g/mol. The van der Waals surface area contributed by atoms with Crippen molar-refractivity contribution in [2.75, 3.05) is 14.1 Å². The van der Waals surface area contributed by atoms with Gasteiger partial charge < -0.3 is 9.99 Å². The maximum Gasteiger partial charge on any atom is 0.326 e. The van der Waals surface area contributed by atoms with Crippen molar-refractivity contribution in [2.45, 2.75) is 0 Å². The van der Waals surface area contributed by atoms with Gasteiger partial charge in [0.25, 0.3) is 5.56 Å². The van der Waals surface area contributed by atoms with Gasteiger partial charge in [0, 0.05) is 20.2 Å². The first-order valence-corrected chi connectivity index (χ1v) is 3.63. The largest absolute Gasteiger partial charge is 0.326 e. The number of hydrogen-bond donors (Lipinski definition) is 2. The maximum atomic E-state index is 10.8. The third-order valence-corrected chi connectivity index (χ3v) is 1.21. The van der Waals surface area contributed by atoms with Crippen molar-refractivity contribution < 1.29 is 0 Å². The van der Waals surface area contributed by atoms with E-state index in [1.54, 1.807) is 19.1 Å². The van der Waals surface area contributed by atoms with E-state index in [-0.39, 0.29) is 0 Å². The Bertz CT molecular complexity index is 387. The Morgan fingerprint density at radius 3 is 2.62 bits per heavy atom. The molecule has 70 valence electrons. The standard InChI is InChI=1S/C7H10N4O2/c1-11(2)8-4-5-3-6(12)10-7(13)9-5/h3-4H,1-2H3,(H2,9,10,12,13)/b8-4+. The first-order chi connectivity index (χ1) is 6.08. The summed E-state index contributed by atoms with van der Waals surface area (Å²) < 4.78 is 0. The monoisotopic (exact) mass is 182 g/mol. The van der Waals surface area contributed by atoms with E-state index in [0.717, 1.165) is 0 Å². The number of aromatic nitrogens is 2. The number of hydrazone groups is 1. The van der Waals surface area contributed by atoms with E-state index in [9.17, 15) is 9.59 Å². The molecular formula is C7H10N4O2. The van der Waals surface area contributed by atoms with Crippen LogP contribution in [-0.4, -0.2) is 35.3 Å². The molecule has 2 N–H and O–H groups in total. The average Bonchev–Trinajstić information content (AvgIpc) is 1.99. The molecule has 0 aliphatic carbocycles. The predicted octanol–water partition coefficient (Wildman–Crippen LogP) is -1.04. The van der Waals surface area contributed by atoms with Crippen LogP contribution in [0.1, 0.15) is 5.69 Å². The summed E-state index contributed by atoms with van der Waals surface area (Å²) in [6.45, 7) is 0. The van der Waals surface area contributed by atoms with Gasteiger partial charge in [-0.15, -0.1) is 0 Å². The maximum absolute atomic E-state index is 10.8. The van der Waals surface area contributed by atoms with Crippen LogP contribution >= 0.6 is 0 Å². The van der Waals surface area contributed by atoms with Crippen LogP contribution in [0.15, 0.2) is 20.8 Å². The predicted molar refractivity (Wildman–Crippen MR) is 49.0 cm³/mol. The minimum absolute atomic E-state index is 0.377. The number of nitrogens with one attached hydrogen (secondary N) is 2. The third kappa shape index (κ3) is 2.94. The van der Waals surface area contributed by atoms with Gasteiger partial charge in [-0.2, -0.15) is 5.10 Å². The van der Waals surface area contributed by atoms with Gasteiger partial charge in [0.1, 0.15) is 0 Å². The summed E-state index contributed by atoms with van der Waals surface area (Å²) in [5, 5.41) is 5.42. The van der Waals surface area contributed by atoms with Crippen LogP contribution in [0.3, 0.4) is 0 Å². The highest BCUT2D eigenvalue weighted by atomic mass is 16.2. The number of hydrogen-bond acceptors (Lipinski definition) is 4. The van der Waals surface area contributed by atoms with Gasteiger partial charge in [-0.1, -0.05) is 0 Å². The molecule has 6 nitrogen and oxygen atoms in total. The zero-order valence-corrected chi connectivity index (χ0v) is 7.37. The van der Waals surface area contributed by atoms with E-state index in [0.29, 0.717) is 5.69 Å². The van der Waals surface area contributed by atoms with Gasteiger partial charge in [0.2, 0.25) is 0 Å². The molecule has 0 aliphatic rings. The van der Waals surface area contributed by atoms with Gasteiger partial charge >= 0.3 is 5.69 Å². The number of H-pyrrole nitrogens is 2. The Balaban J connectivity index is 3.03. The molecule has 0 atom stereocenters. The van der Waals surface area contributed by atoms with Crippen molar-refractivity contribution >= 4 is 6.21 Å². The summed E-state index contributed by atoms with van der Waals surface area (Å²) in [5.41, 5.74) is -0.598.